The number of hydrogen-bond acceptors (Lipinski definition) is 3. The first-order valence-electron chi connectivity index (χ1n) is 7.37. The zero-order valence-corrected chi connectivity index (χ0v) is 12.2. The average Bonchev–Trinajstić information content (AvgIpc) is 2.56. The van der Waals surface area contributed by atoms with Crippen LogP contribution < -0.4 is 0 Å². The molecule has 1 fully saturated rings. The first-order chi connectivity index (χ1) is 10.2. The van der Waals surface area contributed by atoms with E-state index in [-0.39, 0.29) is 5.91 Å². The number of aromatic nitrogens is 2. The lowest BCUT2D eigenvalue weighted by atomic mass is 9.89. The van der Waals surface area contributed by atoms with Crippen LogP contribution in [0.5, 0.6) is 0 Å². The van der Waals surface area contributed by atoms with E-state index in [2.05, 4.69) is 34.2 Å². The van der Waals surface area contributed by atoms with Crippen molar-refractivity contribution in [2.24, 2.45) is 0 Å². The Hall–Kier alpha value is -2.23. The lowest BCUT2D eigenvalue weighted by Gasteiger charge is -2.32. The fourth-order valence-corrected chi connectivity index (χ4v) is 2.81. The van der Waals surface area contributed by atoms with Crippen LogP contribution >= 0.6 is 0 Å². The fourth-order valence-electron chi connectivity index (χ4n) is 2.81. The van der Waals surface area contributed by atoms with Crippen LogP contribution in [-0.4, -0.2) is 33.9 Å². The van der Waals surface area contributed by atoms with E-state index in [1.807, 2.05) is 17.9 Å². The number of carbonyl (C=O) groups excluding carboxylic acids is 1. The summed E-state index contributed by atoms with van der Waals surface area (Å²) in [6, 6.07) is 10.5. The molecule has 0 saturated carbocycles. The Labute approximate surface area is 124 Å². The molecule has 0 bridgehead atoms. The Bertz CT molecular complexity index is 602. The maximum absolute atomic E-state index is 12.4. The van der Waals surface area contributed by atoms with Gasteiger partial charge in [0.2, 0.25) is 0 Å². The number of hydrogen-bond donors (Lipinski definition) is 0. The van der Waals surface area contributed by atoms with Crippen LogP contribution in [0.15, 0.2) is 42.7 Å². The number of likely N-dealkylation sites (tertiary alicyclic amines) is 1. The second-order valence-electron chi connectivity index (χ2n) is 5.52. The van der Waals surface area contributed by atoms with E-state index in [4.69, 9.17) is 0 Å². The van der Waals surface area contributed by atoms with Gasteiger partial charge in [0.05, 0.1) is 11.9 Å². The third-order valence-corrected chi connectivity index (χ3v) is 4.05. The molecule has 4 nitrogen and oxygen atoms in total. The summed E-state index contributed by atoms with van der Waals surface area (Å²) in [5.41, 5.74) is 2.65. The van der Waals surface area contributed by atoms with Crippen LogP contribution in [0.2, 0.25) is 0 Å². The van der Waals surface area contributed by atoms with Crippen molar-refractivity contribution in [3.63, 3.8) is 0 Å². The largest absolute Gasteiger partial charge is 0.337 e. The Kier molecular flexibility index (Phi) is 3.95. The normalized spacial score (nSPS) is 16.0. The third-order valence-electron chi connectivity index (χ3n) is 4.05. The average molecular weight is 281 g/mol. The standard InChI is InChI=1S/C17H19N3O/c1-13-11-19-16(12-18-13)17(21)20-9-7-15(8-10-20)14-5-3-2-4-6-14/h2-6,11-12,15H,7-10H2,1H3. The molecule has 1 aliphatic heterocycles. The zero-order chi connectivity index (χ0) is 14.7. The summed E-state index contributed by atoms with van der Waals surface area (Å²) in [4.78, 5) is 22.6. The van der Waals surface area contributed by atoms with Crippen LogP contribution in [-0.2, 0) is 0 Å². The summed E-state index contributed by atoms with van der Waals surface area (Å²) in [5, 5.41) is 0. The minimum absolute atomic E-state index is 0.00554. The molecule has 21 heavy (non-hydrogen) atoms. The molecule has 0 N–H and O–H groups in total. The topological polar surface area (TPSA) is 46.1 Å². The first kappa shape index (κ1) is 13.7. The second-order valence-corrected chi connectivity index (χ2v) is 5.52. The van der Waals surface area contributed by atoms with Crippen LogP contribution in [0, 0.1) is 6.92 Å². The van der Waals surface area contributed by atoms with Crippen molar-refractivity contribution in [1.82, 2.24) is 14.9 Å². The monoisotopic (exact) mass is 281 g/mol. The summed E-state index contributed by atoms with van der Waals surface area (Å²) < 4.78 is 0. The molecule has 108 valence electrons. The van der Waals surface area contributed by atoms with Crippen molar-refractivity contribution < 1.29 is 4.79 Å². The Morgan fingerprint density at radius 3 is 2.43 bits per heavy atom. The minimum Gasteiger partial charge on any atom is -0.337 e. The smallest absolute Gasteiger partial charge is 0.274 e. The highest BCUT2D eigenvalue weighted by molar-refractivity contribution is 5.92. The van der Waals surface area contributed by atoms with Gasteiger partial charge in [0.1, 0.15) is 5.69 Å². The molecule has 1 saturated heterocycles. The van der Waals surface area contributed by atoms with Crippen molar-refractivity contribution in [2.75, 3.05) is 13.1 Å². The number of aryl methyl sites for hydroxylation is 1. The Morgan fingerprint density at radius 2 is 1.81 bits per heavy atom. The maximum atomic E-state index is 12.4. The van der Waals surface area contributed by atoms with Crippen molar-refractivity contribution in [3.05, 3.63) is 59.7 Å². The van der Waals surface area contributed by atoms with E-state index in [0.29, 0.717) is 11.6 Å². The van der Waals surface area contributed by atoms with Gasteiger partial charge in [-0.1, -0.05) is 30.3 Å². The van der Waals surface area contributed by atoms with Crippen LogP contribution in [0.4, 0.5) is 0 Å². The quantitative estimate of drug-likeness (QED) is 0.850. The number of piperidine rings is 1. The molecule has 1 aliphatic rings. The number of nitrogens with zero attached hydrogens (tertiary/aromatic N) is 3. The van der Waals surface area contributed by atoms with E-state index in [1.54, 1.807) is 12.4 Å². The summed E-state index contributed by atoms with van der Waals surface area (Å²) in [6.45, 7) is 3.44. The van der Waals surface area contributed by atoms with Crippen LogP contribution in [0.25, 0.3) is 0 Å². The SMILES string of the molecule is Cc1cnc(C(=O)N2CCC(c3ccccc3)CC2)cn1. The predicted octanol–water partition coefficient (Wildman–Crippen LogP) is 2.80. The van der Waals surface area contributed by atoms with Crippen molar-refractivity contribution in [2.45, 2.75) is 25.7 Å². The fraction of sp³-hybridized carbons (Fsp3) is 0.353. The third kappa shape index (κ3) is 3.10. The zero-order valence-electron chi connectivity index (χ0n) is 12.2. The number of rotatable bonds is 2. The molecule has 4 heteroatoms. The lowest BCUT2D eigenvalue weighted by molar-refractivity contribution is 0.0706. The van der Waals surface area contributed by atoms with Gasteiger partial charge in [0, 0.05) is 19.3 Å². The molecule has 0 atom stereocenters. The Balaban J connectivity index is 1.63. The van der Waals surface area contributed by atoms with E-state index >= 15 is 0 Å². The number of benzene rings is 1. The molecule has 0 unspecified atom stereocenters. The van der Waals surface area contributed by atoms with E-state index in [0.717, 1.165) is 31.6 Å². The maximum Gasteiger partial charge on any atom is 0.274 e. The second kappa shape index (κ2) is 6.04. The predicted molar refractivity (Wildman–Crippen MR) is 81.1 cm³/mol. The highest BCUT2D eigenvalue weighted by atomic mass is 16.2. The van der Waals surface area contributed by atoms with Gasteiger partial charge in [-0.15, -0.1) is 0 Å². The molecule has 1 aromatic heterocycles. The first-order valence-corrected chi connectivity index (χ1v) is 7.37. The molecular formula is C17H19N3O. The molecule has 1 amide bonds. The van der Waals surface area contributed by atoms with Gasteiger partial charge >= 0.3 is 0 Å². The van der Waals surface area contributed by atoms with Gasteiger partial charge < -0.3 is 4.90 Å². The highest BCUT2D eigenvalue weighted by Gasteiger charge is 2.25. The lowest BCUT2D eigenvalue weighted by Crippen LogP contribution is -2.38. The van der Waals surface area contributed by atoms with Crippen LogP contribution in [0.1, 0.15) is 40.5 Å². The number of amides is 1. The molecule has 0 radical (unpaired) electrons. The van der Waals surface area contributed by atoms with Gasteiger partial charge in [0.15, 0.2) is 0 Å². The molecule has 0 spiro atoms. The molecule has 2 heterocycles. The van der Waals surface area contributed by atoms with Crippen molar-refractivity contribution in [1.29, 1.82) is 0 Å². The summed E-state index contributed by atoms with van der Waals surface area (Å²) in [5.74, 6) is 0.549. The van der Waals surface area contributed by atoms with Gasteiger partial charge in [-0.05, 0) is 31.2 Å². The number of carbonyl (C=O) groups is 1. The van der Waals surface area contributed by atoms with Gasteiger partial charge in [0.25, 0.3) is 5.91 Å². The summed E-state index contributed by atoms with van der Waals surface area (Å²) in [6.07, 6.45) is 5.23. The molecule has 2 aromatic rings. The highest BCUT2D eigenvalue weighted by Crippen LogP contribution is 2.28. The van der Waals surface area contributed by atoms with Crippen LogP contribution in [0.3, 0.4) is 0 Å². The molecular weight excluding hydrogens is 262 g/mol. The molecule has 3 rings (SSSR count). The van der Waals surface area contributed by atoms with Crippen molar-refractivity contribution >= 4 is 5.91 Å². The van der Waals surface area contributed by atoms with Crippen molar-refractivity contribution in [3.8, 4) is 0 Å². The molecule has 0 aliphatic carbocycles. The molecule has 1 aromatic carbocycles. The summed E-state index contributed by atoms with van der Waals surface area (Å²) >= 11 is 0. The van der Waals surface area contributed by atoms with E-state index < -0.39 is 0 Å². The van der Waals surface area contributed by atoms with E-state index in [1.165, 1.54) is 5.56 Å². The Morgan fingerprint density at radius 1 is 1.10 bits per heavy atom. The summed E-state index contributed by atoms with van der Waals surface area (Å²) in [7, 11) is 0. The minimum atomic E-state index is -0.00554. The van der Waals surface area contributed by atoms with Gasteiger partial charge in [-0.25, -0.2) is 4.98 Å². The van der Waals surface area contributed by atoms with E-state index in [9.17, 15) is 4.79 Å². The van der Waals surface area contributed by atoms with Gasteiger partial charge in [-0.3, -0.25) is 9.78 Å². The van der Waals surface area contributed by atoms with Gasteiger partial charge in [-0.2, -0.15) is 0 Å².